The van der Waals surface area contributed by atoms with Gasteiger partial charge < -0.3 is 19.9 Å². The van der Waals surface area contributed by atoms with Crippen LogP contribution in [0.2, 0.25) is 0 Å². The highest BCUT2D eigenvalue weighted by atomic mass is 16.5. The highest BCUT2D eigenvalue weighted by Gasteiger charge is 2.17. The van der Waals surface area contributed by atoms with Gasteiger partial charge in [-0.3, -0.25) is 0 Å². The average molecular weight is 277 g/mol. The number of likely N-dealkylation sites (N-methyl/N-ethyl adjacent to an activating group) is 1. The number of aromatic nitrogens is 2. The van der Waals surface area contributed by atoms with E-state index in [0.29, 0.717) is 12.1 Å². The molecule has 3 heterocycles. The quantitative estimate of drug-likeness (QED) is 0.879. The minimum absolute atomic E-state index is 0.311. The molecule has 0 amide bonds. The third-order valence-corrected chi connectivity index (χ3v) is 3.98. The summed E-state index contributed by atoms with van der Waals surface area (Å²) in [5.41, 5.74) is 0. The Hall–Kier alpha value is -1.40. The van der Waals surface area contributed by atoms with Crippen LogP contribution in [-0.4, -0.2) is 67.4 Å². The zero-order valence-electron chi connectivity index (χ0n) is 12.1. The lowest BCUT2D eigenvalue weighted by Crippen LogP contribution is -2.44. The molecule has 0 bridgehead atoms. The number of nitrogens with one attached hydrogen (secondary N) is 1. The van der Waals surface area contributed by atoms with E-state index in [1.807, 2.05) is 12.3 Å². The molecule has 1 aromatic rings. The van der Waals surface area contributed by atoms with E-state index in [0.717, 1.165) is 58.0 Å². The summed E-state index contributed by atoms with van der Waals surface area (Å²) in [4.78, 5) is 13.6. The van der Waals surface area contributed by atoms with Crippen molar-refractivity contribution >= 4 is 11.8 Å². The van der Waals surface area contributed by atoms with Crippen LogP contribution in [0, 0.1) is 0 Å². The van der Waals surface area contributed by atoms with Crippen molar-refractivity contribution in [3.63, 3.8) is 0 Å². The van der Waals surface area contributed by atoms with E-state index in [9.17, 15) is 0 Å². The molecule has 1 unspecified atom stereocenters. The average Bonchev–Trinajstić information content (AvgIpc) is 3.00. The number of hydrogen-bond donors (Lipinski definition) is 1. The van der Waals surface area contributed by atoms with E-state index >= 15 is 0 Å². The molecule has 1 aromatic heterocycles. The number of anilines is 2. The van der Waals surface area contributed by atoms with Crippen LogP contribution in [0.3, 0.4) is 0 Å². The Bertz CT molecular complexity index is 427. The summed E-state index contributed by atoms with van der Waals surface area (Å²) in [7, 11) is 2.16. The first kappa shape index (κ1) is 13.6. The van der Waals surface area contributed by atoms with E-state index < -0.39 is 0 Å². The lowest BCUT2D eigenvalue weighted by atomic mass is 10.2. The molecule has 0 aromatic carbocycles. The van der Waals surface area contributed by atoms with E-state index in [4.69, 9.17) is 4.74 Å². The number of ether oxygens (including phenoxy) is 1. The van der Waals surface area contributed by atoms with Gasteiger partial charge in [0.05, 0.1) is 6.10 Å². The molecule has 0 spiro atoms. The molecule has 0 radical (unpaired) electrons. The molecule has 0 saturated carbocycles. The Morgan fingerprint density at radius 3 is 2.95 bits per heavy atom. The van der Waals surface area contributed by atoms with Gasteiger partial charge in [0, 0.05) is 45.5 Å². The highest BCUT2D eigenvalue weighted by Crippen LogP contribution is 2.16. The summed E-state index contributed by atoms with van der Waals surface area (Å²) in [6.07, 6.45) is 4.43. The molecule has 6 heteroatoms. The number of hydrogen-bond acceptors (Lipinski definition) is 6. The van der Waals surface area contributed by atoms with Gasteiger partial charge in [0.25, 0.3) is 0 Å². The standard InChI is InChI=1S/C14H23N5O/c1-18-6-8-19(9-7-18)13-4-5-15-14(17-13)16-11-12-3-2-10-20-12/h4-5,12H,2-3,6-11H2,1H3,(H,15,16,17). The van der Waals surface area contributed by atoms with Crippen molar-refractivity contribution in [1.82, 2.24) is 14.9 Å². The Morgan fingerprint density at radius 2 is 2.20 bits per heavy atom. The van der Waals surface area contributed by atoms with Gasteiger partial charge in [0.2, 0.25) is 5.95 Å². The van der Waals surface area contributed by atoms with Gasteiger partial charge in [0.1, 0.15) is 5.82 Å². The molecule has 20 heavy (non-hydrogen) atoms. The topological polar surface area (TPSA) is 53.5 Å². The summed E-state index contributed by atoms with van der Waals surface area (Å²) in [5, 5.41) is 3.29. The molecule has 0 aliphatic carbocycles. The predicted molar refractivity (Wildman–Crippen MR) is 79.2 cm³/mol. The molecule has 3 rings (SSSR count). The fraction of sp³-hybridized carbons (Fsp3) is 0.714. The lowest BCUT2D eigenvalue weighted by molar-refractivity contribution is 0.120. The Balaban J connectivity index is 1.57. The van der Waals surface area contributed by atoms with E-state index in [1.165, 1.54) is 0 Å². The molecule has 1 atom stereocenters. The van der Waals surface area contributed by atoms with Crippen molar-refractivity contribution in [1.29, 1.82) is 0 Å². The number of rotatable bonds is 4. The second kappa shape index (κ2) is 6.37. The highest BCUT2D eigenvalue weighted by molar-refractivity contribution is 5.43. The predicted octanol–water partition coefficient (Wildman–Crippen LogP) is 0.819. The lowest BCUT2D eigenvalue weighted by Gasteiger charge is -2.33. The molecule has 2 aliphatic heterocycles. The Labute approximate surface area is 120 Å². The van der Waals surface area contributed by atoms with Gasteiger partial charge in [-0.25, -0.2) is 4.98 Å². The summed E-state index contributed by atoms with van der Waals surface area (Å²) < 4.78 is 5.60. The SMILES string of the molecule is CN1CCN(c2ccnc(NCC3CCCO3)n2)CC1. The summed E-state index contributed by atoms with van der Waals surface area (Å²) in [5.74, 6) is 1.72. The smallest absolute Gasteiger partial charge is 0.224 e. The van der Waals surface area contributed by atoms with Gasteiger partial charge >= 0.3 is 0 Å². The van der Waals surface area contributed by atoms with Gasteiger partial charge in [-0.15, -0.1) is 0 Å². The minimum atomic E-state index is 0.311. The molecule has 2 fully saturated rings. The summed E-state index contributed by atoms with van der Waals surface area (Å²) >= 11 is 0. The summed E-state index contributed by atoms with van der Waals surface area (Å²) in [6, 6.07) is 1.99. The number of piperazine rings is 1. The van der Waals surface area contributed by atoms with Gasteiger partial charge in [-0.1, -0.05) is 0 Å². The van der Waals surface area contributed by atoms with Crippen molar-refractivity contribution in [2.45, 2.75) is 18.9 Å². The maximum absolute atomic E-state index is 5.60. The van der Waals surface area contributed by atoms with E-state index in [2.05, 4.69) is 32.1 Å². The molecule has 2 aliphatic rings. The van der Waals surface area contributed by atoms with Gasteiger partial charge in [-0.2, -0.15) is 4.98 Å². The fourth-order valence-electron chi connectivity index (χ4n) is 2.66. The van der Waals surface area contributed by atoms with Crippen LogP contribution in [0.5, 0.6) is 0 Å². The molecule has 2 saturated heterocycles. The van der Waals surface area contributed by atoms with Crippen molar-refractivity contribution in [2.75, 3.05) is 56.6 Å². The zero-order chi connectivity index (χ0) is 13.8. The maximum Gasteiger partial charge on any atom is 0.224 e. The van der Waals surface area contributed by atoms with Crippen molar-refractivity contribution in [3.05, 3.63) is 12.3 Å². The van der Waals surface area contributed by atoms with Gasteiger partial charge in [-0.05, 0) is 26.0 Å². The third-order valence-electron chi connectivity index (χ3n) is 3.98. The van der Waals surface area contributed by atoms with Crippen LogP contribution < -0.4 is 10.2 Å². The number of nitrogens with zero attached hydrogens (tertiary/aromatic N) is 4. The maximum atomic E-state index is 5.60. The van der Waals surface area contributed by atoms with Crippen molar-refractivity contribution < 1.29 is 4.74 Å². The molecular weight excluding hydrogens is 254 g/mol. The first-order valence-electron chi connectivity index (χ1n) is 7.43. The molecule has 6 nitrogen and oxygen atoms in total. The Kier molecular flexibility index (Phi) is 4.32. The first-order chi connectivity index (χ1) is 9.81. The third kappa shape index (κ3) is 3.37. The van der Waals surface area contributed by atoms with E-state index in [1.54, 1.807) is 0 Å². The van der Waals surface area contributed by atoms with Gasteiger partial charge in [0.15, 0.2) is 0 Å². The van der Waals surface area contributed by atoms with Crippen LogP contribution in [0.4, 0.5) is 11.8 Å². The monoisotopic (exact) mass is 277 g/mol. The van der Waals surface area contributed by atoms with Crippen LogP contribution in [-0.2, 0) is 4.74 Å². The fourth-order valence-corrected chi connectivity index (χ4v) is 2.66. The largest absolute Gasteiger partial charge is 0.376 e. The van der Waals surface area contributed by atoms with Crippen molar-refractivity contribution in [3.8, 4) is 0 Å². The zero-order valence-corrected chi connectivity index (χ0v) is 12.1. The van der Waals surface area contributed by atoms with Crippen molar-refractivity contribution in [2.24, 2.45) is 0 Å². The Morgan fingerprint density at radius 1 is 1.35 bits per heavy atom. The van der Waals surface area contributed by atoms with Crippen LogP contribution >= 0.6 is 0 Å². The van der Waals surface area contributed by atoms with Crippen LogP contribution in [0.25, 0.3) is 0 Å². The second-order valence-electron chi connectivity index (χ2n) is 5.54. The first-order valence-corrected chi connectivity index (χ1v) is 7.43. The van der Waals surface area contributed by atoms with Crippen LogP contribution in [0.15, 0.2) is 12.3 Å². The molecular formula is C14H23N5O. The van der Waals surface area contributed by atoms with E-state index in [-0.39, 0.29) is 0 Å². The minimum Gasteiger partial charge on any atom is -0.376 e. The molecule has 110 valence electrons. The molecule has 1 N–H and O–H groups in total. The normalized spacial score (nSPS) is 24.1. The summed E-state index contributed by atoms with van der Waals surface area (Å²) in [6.45, 7) is 5.91. The van der Waals surface area contributed by atoms with Crippen LogP contribution in [0.1, 0.15) is 12.8 Å². The second-order valence-corrected chi connectivity index (χ2v) is 5.54.